The Hall–Kier alpha value is -4.33. The lowest BCUT2D eigenvalue weighted by Gasteiger charge is -2.23. The predicted molar refractivity (Wildman–Crippen MR) is 117 cm³/mol. The van der Waals surface area contributed by atoms with Crippen LogP contribution in [0.25, 0.3) is 11.1 Å². The Morgan fingerprint density at radius 2 is 1.39 bits per heavy atom. The molecule has 1 aromatic heterocycles. The molecule has 8 nitrogen and oxygen atoms in total. The molecule has 0 atom stereocenters. The summed E-state index contributed by atoms with van der Waals surface area (Å²) >= 11 is 0. The number of hydrogen-bond acceptors (Lipinski definition) is 4. The Morgan fingerprint density at radius 1 is 0.806 bits per heavy atom. The van der Waals surface area contributed by atoms with E-state index in [2.05, 4.69) is 10.9 Å². The van der Waals surface area contributed by atoms with Gasteiger partial charge in [0, 0.05) is 13.0 Å². The molecule has 0 aliphatic heterocycles. The van der Waals surface area contributed by atoms with Gasteiger partial charge in [-0.1, -0.05) is 48.5 Å². The van der Waals surface area contributed by atoms with Gasteiger partial charge in [0.15, 0.2) is 5.58 Å². The number of aromatic nitrogens is 1. The van der Waals surface area contributed by atoms with Gasteiger partial charge in [-0.25, -0.2) is 15.0 Å². The van der Waals surface area contributed by atoms with Crippen molar-refractivity contribution in [1.29, 1.82) is 0 Å². The van der Waals surface area contributed by atoms with Crippen molar-refractivity contribution in [3.05, 3.63) is 95.5 Å². The van der Waals surface area contributed by atoms with Crippen LogP contribution >= 0.6 is 0 Å². The second kappa shape index (κ2) is 9.00. The van der Waals surface area contributed by atoms with E-state index < -0.39 is 17.7 Å². The molecule has 0 saturated heterocycles. The van der Waals surface area contributed by atoms with Crippen molar-refractivity contribution in [2.45, 2.75) is 13.0 Å². The number of carbonyl (C=O) groups is 2. The summed E-state index contributed by atoms with van der Waals surface area (Å²) in [6, 6.07) is 24.7. The molecule has 2 N–H and O–H groups in total. The molecule has 8 heteroatoms. The summed E-state index contributed by atoms with van der Waals surface area (Å²) in [5.74, 6) is -0.969. The number of nitrogens with zero attached hydrogens (tertiary/aromatic N) is 2. The van der Waals surface area contributed by atoms with Crippen molar-refractivity contribution in [2.75, 3.05) is 4.90 Å². The lowest BCUT2D eigenvalue weighted by Crippen LogP contribution is -2.47. The molecule has 4 rings (SSSR count). The quantitative estimate of drug-likeness (QED) is 0.486. The number of carbonyl (C=O) groups excluding carboxylic acids is 2. The van der Waals surface area contributed by atoms with Gasteiger partial charge in [0.05, 0.1) is 16.9 Å². The van der Waals surface area contributed by atoms with E-state index in [1.807, 2.05) is 36.4 Å². The number of urea groups is 1. The van der Waals surface area contributed by atoms with Crippen LogP contribution in [-0.2, 0) is 11.3 Å². The lowest BCUT2D eigenvalue weighted by molar-refractivity contribution is -0.122. The van der Waals surface area contributed by atoms with Gasteiger partial charge in [-0.05, 0) is 36.4 Å². The van der Waals surface area contributed by atoms with Crippen molar-refractivity contribution < 1.29 is 14.0 Å². The molecule has 0 aliphatic carbocycles. The number of amides is 3. The van der Waals surface area contributed by atoms with Gasteiger partial charge in [0.1, 0.15) is 0 Å². The number of hydrogen-bond donors (Lipinski definition) is 2. The van der Waals surface area contributed by atoms with Gasteiger partial charge in [-0.15, -0.1) is 0 Å². The van der Waals surface area contributed by atoms with Gasteiger partial charge in [-0.3, -0.25) is 19.7 Å². The zero-order chi connectivity index (χ0) is 21.6. The number of anilines is 2. The van der Waals surface area contributed by atoms with Crippen LogP contribution in [0.5, 0.6) is 0 Å². The molecule has 0 saturated carbocycles. The fourth-order valence-corrected chi connectivity index (χ4v) is 3.22. The standard InChI is InChI=1S/C23H20N4O4/c28-21(15-16-26-19-13-7-8-14-20(19)31-23(26)30)24-25-22(29)27(17-9-3-1-4-10-17)18-11-5-2-6-12-18/h1-14H,15-16H2,(H,24,28)(H,25,29). The largest absolute Gasteiger partial charge is 0.419 e. The summed E-state index contributed by atoms with van der Waals surface area (Å²) < 4.78 is 6.54. The number of rotatable bonds is 5. The predicted octanol–water partition coefficient (Wildman–Crippen LogP) is 3.56. The number of benzene rings is 3. The molecule has 3 amide bonds. The van der Waals surface area contributed by atoms with Crippen LogP contribution in [0.4, 0.5) is 16.2 Å². The number of oxazole rings is 1. The highest BCUT2D eigenvalue weighted by atomic mass is 16.4. The van der Waals surface area contributed by atoms with E-state index in [0.717, 1.165) is 0 Å². The highest BCUT2D eigenvalue weighted by Crippen LogP contribution is 2.24. The molecule has 0 spiro atoms. The van der Waals surface area contributed by atoms with E-state index in [1.54, 1.807) is 48.5 Å². The van der Waals surface area contributed by atoms with Crippen LogP contribution in [0.1, 0.15) is 6.42 Å². The minimum atomic E-state index is -0.530. The van der Waals surface area contributed by atoms with Crippen molar-refractivity contribution in [3.63, 3.8) is 0 Å². The van der Waals surface area contributed by atoms with Crippen molar-refractivity contribution >= 4 is 34.4 Å². The maximum atomic E-state index is 12.8. The zero-order valence-corrected chi connectivity index (χ0v) is 16.5. The van der Waals surface area contributed by atoms with Crippen molar-refractivity contribution in [3.8, 4) is 0 Å². The minimum absolute atomic E-state index is 0.0135. The van der Waals surface area contributed by atoms with Gasteiger partial charge in [0.25, 0.3) is 0 Å². The molecule has 0 unspecified atom stereocenters. The van der Waals surface area contributed by atoms with Crippen molar-refractivity contribution in [1.82, 2.24) is 15.4 Å². The van der Waals surface area contributed by atoms with Gasteiger partial charge in [0.2, 0.25) is 5.91 Å². The molecule has 1 heterocycles. The molecular formula is C23H20N4O4. The Kier molecular flexibility index (Phi) is 5.79. The van der Waals surface area contributed by atoms with Gasteiger partial charge < -0.3 is 4.42 Å². The summed E-state index contributed by atoms with van der Waals surface area (Å²) in [6.45, 7) is 0.124. The smallest absolute Gasteiger partial charge is 0.408 e. The molecule has 0 radical (unpaired) electrons. The van der Waals surface area contributed by atoms with Crippen molar-refractivity contribution in [2.24, 2.45) is 0 Å². The molecule has 4 aromatic rings. The van der Waals surface area contributed by atoms with Crippen LogP contribution in [0.15, 0.2) is 94.1 Å². The second-order valence-corrected chi connectivity index (χ2v) is 6.72. The average Bonchev–Trinajstić information content (AvgIpc) is 3.13. The summed E-state index contributed by atoms with van der Waals surface area (Å²) in [5.41, 5.74) is 7.22. The molecule has 31 heavy (non-hydrogen) atoms. The van der Waals surface area contributed by atoms with Crippen LogP contribution < -0.4 is 21.5 Å². The molecule has 156 valence electrons. The minimum Gasteiger partial charge on any atom is -0.408 e. The summed E-state index contributed by atoms with van der Waals surface area (Å²) in [4.78, 5) is 38.6. The summed E-state index contributed by atoms with van der Waals surface area (Å²) in [5, 5.41) is 0. The van der Waals surface area contributed by atoms with Crippen LogP contribution in [0.2, 0.25) is 0 Å². The molecule has 0 fully saturated rings. The topological polar surface area (TPSA) is 96.6 Å². The number of para-hydroxylation sites is 4. The van der Waals surface area contributed by atoms with E-state index in [0.29, 0.717) is 22.5 Å². The molecule has 0 aliphatic rings. The van der Waals surface area contributed by atoms with Gasteiger partial charge >= 0.3 is 11.8 Å². The van der Waals surface area contributed by atoms with E-state index in [-0.39, 0.29) is 13.0 Å². The second-order valence-electron chi connectivity index (χ2n) is 6.72. The maximum Gasteiger partial charge on any atom is 0.419 e. The third-order valence-corrected chi connectivity index (χ3v) is 4.68. The summed E-state index contributed by atoms with van der Waals surface area (Å²) in [6.07, 6.45) is -0.0135. The first-order valence-corrected chi connectivity index (χ1v) is 9.71. The first-order valence-electron chi connectivity index (χ1n) is 9.71. The Labute approximate surface area is 177 Å². The summed E-state index contributed by atoms with van der Waals surface area (Å²) in [7, 11) is 0. The van der Waals surface area contributed by atoms with E-state index in [4.69, 9.17) is 4.42 Å². The number of fused-ring (bicyclic) bond motifs is 1. The monoisotopic (exact) mass is 416 g/mol. The van der Waals surface area contributed by atoms with E-state index in [9.17, 15) is 14.4 Å². The Morgan fingerprint density at radius 3 is 2.03 bits per heavy atom. The Bertz CT molecular complexity index is 1210. The molecular weight excluding hydrogens is 396 g/mol. The molecule has 3 aromatic carbocycles. The lowest BCUT2D eigenvalue weighted by atomic mass is 10.2. The van der Waals surface area contributed by atoms with Crippen LogP contribution in [0.3, 0.4) is 0 Å². The van der Waals surface area contributed by atoms with E-state index >= 15 is 0 Å². The van der Waals surface area contributed by atoms with E-state index in [1.165, 1.54) is 9.47 Å². The third-order valence-electron chi connectivity index (χ3n) is 4.68. The normalized spacial score (nSPS) is 10.6. The number of aryl methyl sites for hydroxylation is 1. The SMILES string of the molecule is O=C(CCn1c(=O)oc2ccccc21)NNC(=O)N(c1ccccc1)c1ccccc1. The van der Waals surface area contributed by atoms with Crippen LogP contribution in [-0.4, -0.2) is 16.5 Å². The van der Waals surface area contributed by atoms with Gasteiger partial charge in [-0.2, -0.15) is 0 Å². The molecule has 0 bridgehead atoms. The first kappa shape index (κ1) is 20.0. The zero-order valence-electron chi connectivity index (χ0n) is 16.5. The highest BCUT2D eigenvalue weighted by molar-refractivity contribution is 6.00. The number of nitrogens with one attached hydrogen (secondary N) is 2. The number of hydrazine groups is 1. The fourth-order valence-electron chi connectivity index (χ4n) is 3.22. The Balaban J connectivity index is 1.41. The maximum absolute atomic E-state index is 12.8. The highest BCUT2D eigenvalue weighted by Gasteiger charge is 2.18. The third kappa shape index (κ3) is 4.48. The average molecular weight is 416 g/mol. The first-order chi connectivity index (χ1) is 15.1. The fraction of sp³-hybridized carbons (Fsp3) is 0.0870. The van der Waals surface area contributed by atoms with Crippen LogP contribution in [0, 0.1) is 0 Å².